The molecule has 0 aliphatic carbocycles. The standard InChI is InChI=1S/C24H17N3O3/c28-23(21-12-13-25-27(21)15-16-6-2-1-3-7-16)26-17-10-11-22-20(14-17)18-8-4-5-9-19(18)24(29)30-22/h1-14H,15H2,(H,26,28). The molecule has 0 saturated heterocycles. The van der Waals surface area contributed by atoms with Crippen LogP contribution in [-0.4, -0.2) is 15.7 Å². The van der Waals surface area contributed by atoms with Crippen molar-refractivity contribution in [1.82, 2.24) is 9.78 Å². The number of hydrogen-bond acceptors (Lipinski definition) is 4. The van der Waals surface area contributed by atoms with Gasteiger partial charge in [-0.25, -0.2) is 4.79 Å². The Labute approximate surface area is 171 Å². The molecule has 2 aromatic heterocycles. The molecular weight excluding hydrogens is 378 g/mol. The van der Waals surface area contributed by atoms with Crippen molar-refractivity contribution in [2.24, 2.45) is 0 Å². The van der Waals surface area contributed by atoms with E-state index in [0.29, 0.717) is 28.9 Å². The zero-order valence-corrected chi connectivity index (χ0v) is 15.9. The Hall–Kier alpha value is -4.19. The lowest BCUT2D eigenvalue weighted by molar-refractivity contribution is 0.101. The van der Waals surface area contributed by atoms with E-state index in [4.69, 9.17) is 4.42 Å². The van der Waals surface area contributed by atoms with Crippen LogP contribution in [0.5, 0.6) is 0 Å². The van der Waals surface area contributed by atoms with Gasteiger partial charge in [0.15, 0.2) is 0 Å². The number of rotatable bonds is 4. The second kappa shape index (κ2) is 7.33. The van der Waals surface area contributed by atoms with E-state index in [9.17, 15) is 9.59 Å². The largest absolute Gasteiger partial charge is 0.422 e. The van der Waals surface area contributed by atoms with E-state index in [0.717, 1.165) is 16.3 Å². The van der Waals surface area contributed by atoms with E-state index in [1.165, 1.54) is 0 Å². The van der Waals surface area contributed by atoms with Crippen LogP contribution in [0.1, 0.15) is 16.1 Å². The van der Waals surface area contributed by atoms with Gasteiger partial charge in [0.1, 0.15) is 11.3 Å². The van der Waals surface area contributed by atoms with Crippen molar-refractivity contribution in [3.05, 3.63) is 107 Å². The molecule has 0 unspecified atom stereocenters. The predicted octanol–water partition coefficient (Wildman–Crippen LogP) is 4.44. The van der Waals surface area contributed by atoms with Crippen LogP contribution in [0, 0.1) is 0 Å². The molecule has 2 heterocycles. The van der Waals surface area contributed by atoms with Gasteiger partial charge in [0.25, 0.3) is 5.91 Å². The maximum atomic E-state index is 12.9. The normalized spacial score (nSPS) is 11.1. The van der Waals surface area contributed by atoms with Gasteiger partial charge in [-0.1, -0.05) is 48.5 Å². The molecule has 5 rings (SSSR count). The number of nitrogens with zero attached hydrogens (tertiary/aromatic N) is 2. The number of carbonyl (C=O) groups is 1. The first-order valence-electron chi connectivity index (χ1n) is 9.52. The minimum atomic E-state index is -0.375. The number of fused-ring (bicyclic) bond motifs is 3. The third-order valence-electron chi connectivity index (χ3n) is 5.00. The summed E-state index contributed by atoms with van der Waals surface area (Å²) in [5.74, 6) is -0.260. The molecule has 30 heavy (non-hydrogen) atoms. The molecule has 3 aromatic carbocycles. The fourth-order valence-electron chi connectivity index (χ4n) is 3.56. The monoisotopic (exact) mass is 395 g/mol. The molecule has 0 aliphatic rings. The molecule has 0 bridgehead atoms. The summed E-state index contributed by atoms with van der Waals surface area (Å²) in [5, 5.41) is 9.26. The first kappa shape index (κ1) is 17.9. The van der Waals surface area contributed by atoms with Gasteiger partial charge >= 0.3 is 5.63 Å². The summed E-state index contributed by atoms with van der Waals surface area (Å²) in [6.07, 6.45) is 1.61. The number of amides is 1. The Kier molecular flexibility index (Phi) is 4.37. The molecule has 0 saturated carbocycles. The molecule has 1 amide bonds. The number of carbonyl (C=O) groups excluding carboxylic acids is 1. The third-order valence-corrected chi connectivity index (χ3v) is 5.00. The molecule has 146 valence electrons. The maximum Gasteiger partial charge on any atom is 0.344 e. The number of hydrogen-bond donors (Lipinski definition) is 1. The first-order chi connectivity index (χ1) is 14.7. The van der Waals surface area contributed by atoms with Crippen LogP contribution >= 0.6 is 0 Å². The highest BCUT2D eigenvalue weighted by atomic mass is 16.4. The molecule has 1 N–H and O–H groups in total. The number of anilines is 1. The lowest BCUT2D eigenvalue weighted by atomic mass is 10.1. The quantitative estimate of drug-likeness (QED) is 0.360. The summed E-state index contributed by atoms with van der Waals surface area (Å²) in [7, 11) is 0. The molecule has 0 radical (unpaired) electrons. The number of nitrogens with one attached hydrogen (secondary N) is 1. The maximum absolute atomic E-state index is 12.9. The SMILES string of the molecule is O=C(Nc1ccc2oc(=O)c3ccccc3c2c1)c1ccnn1Cc1ccccc1. The van der Waals surface area contributed by atoms with Gasteiger partial charge in [-0.2, -0.15) is 5.10 Å². The molecule has 0 fully saturated rings. The Morgan fingerprint density at radius 1 is 0.900 bits per heavy atom. The molecule has 5 aromatic rings. The average molecular weight is 395 g/mol. The van der Waals surface area contributed by atoms with Crippen LogP contribution in [0.25, 0.3) is 21.7 Å². The van der Waals surface area contributed by atoms with Crippen molar-refractivity contribution < 1.29 is 9.21 Å². The van der Waals surface area contributed by atoms with Gasteiger partial charge in [-0.15, -0.1) is 0 Å². The lowest BCUT2D eigenvalue weighted by Gasteiger charge is -2.10. The van der Waals surface area contributed by atoms with Crippen LogP contribution in [0.2, 0.25) is 0 Å². The summed E-state index contributed by atoms with van der Waals surface area (Å²) in [6.45, 7) is 0.504. The smallest absolute Gasteiger partial charge is 0.344 e. The Balaban J connectivity index is 1.47. The summed E-state index contributed by atoms with van der Waals surface area (Å²) in [4.78, 5) is 25.0. The predicted molar refractivity (Wildman–Crippen MR) is 116 cm³/mol. The second-order valence-corrected chi connectivity index (χ2v) is 6.96. The first-order valence-corrected chi connectivity index (χ1v) is 9.52. The minimum absolute atomic E-state index is 0.260. The van der Waals surface area contributed by atoms with Gasteiger partial charge in [0, 0.05) is 17.3 Å². The van der Waals surface area contributed by atoms with Gasteiger partial charge in [-0.05, 0) is 41.3 Å². The van der Waals surface area contributed by atoms with E-state index >= 15 is 0 Å². The van der Waals surface area contributed by atoms with Crippen molar-refractivity contribution >= 4 is 33.3 Å². The minimum Gasteiger partial charge on any atom is -0.422 e. The highest BCUT2D eigenvalue weighted by Crippen LogP contribution is 2.26. The van der Waals surface area contributed by atoms with Crippen molar-refractivity contribution in [2.45, 2.75) is 6.54 Å². The fourth-order valence-corrected chi connectivity index (χ4v) is 3.56. The van der Waals surface area contributed by atoms with Crippen molar-refractivity contribution in [3.8, 4) is 0 Å². The zero-order valence-electron chi connectivity index (χ0n) is 15.9. The topological polar surface area (TPSA) is 77.1 Å². The molecule has 6 nitrogen and oxygen atoms in total. The van der Waals surface area contributed by atoms with Crippen LogP contribution in [0.4, 0.5) is 5.69 Å². The Bertz CT molecular complexity index is 1430. The summed E-state index contributed by atoms with van der Waals surface area (Å²) >= 11 is 0. The van der Waals surface area contributed by atoms with E-state index < -0.39 is 0 Å². The van der Waals surface area contributed by atoms with Crippen molar-refractivity contribution in [2.75, 3.05) is 5.32 Å². The van der Waals surface area contributed by atoms with Crippen LogP contribution in [-0.2, 0) is 6.54 Å². The molecule has 0 spiro atoms. The highest BCUT2D eigenvalue weighted by molar-refractivity contribution is 6.08. The van der Waals surface area contributed by atoms with Gasteiger partial charge in [-0.3, -0.25) is 9.48 Å². The van der Waals surface area contributed by atoms with E-state index in [-0.39, 0.29) is 11.5 Å². The second-order valence-electron chi connectivity index (χ2n) is 6.96. The Morgan fingerprint density at radius 3 is 2.50 bits per heavy atom. The Morgan fingerprint density at radius 2 is 1.67 bits per heavy atom. The van der Waals surface area contributed by atoms with Gasteiger partial charge in [0.05, 0.1) is 11.9 Å². The molecule has 6 heteroatoms. The van der Waals surface area contributed by atoms with Crippen molar-refractivity contribution in [1.29, 1.82) is 0 Å². The number of benzene rings is 3. The van der Waals surface area contributed by atoms with Crippen LogP contribution in [0.3, 0.4) is 0 Å². The molecule has 0 atom stereocenters. The van der Waals surface area contributed by atoms with Gasteiger partial charge < -0.3 is 9.73 Å². The number of aromatic nitrogens is 2. The van der Waals surface area contributed by atoms with E-state index in [1.807, 2.05) is 48.5 Å². The molecular formula is C24H17N3O3. The van der Waals surface area contributed by atoms with E-state index in [1.54, 1.807) is 41.2 Å². The third kappa shape index (κ3) is 3.24. The zero-order chi connectivity index (χ0) is 20.5. The van der Waals surface area contributed by atoms with Crippen molar-refractivity contribution in [3.63, 3.8) is 0 Å². The highest BCUT2D eigenvalue weighted by Gasteiger charge is 2.14. The summed E-state index contributed by atoms with van der Waals surface area (Å²) < 4.78 is 7.08. The average Bonchev–Trinajstić information content (AvgIpc) is 3.23. The van der Waals surface area contributed by atoms with Crippen LogP contribution < -0.4 is 10.9 Å². The summed E-state index contributed by atoms with van der Waals surface area (Å²) in [6, 6.07) is 24.0. The van der Waals surface area contributed by atoms with E-state index in [2.05, 4.69) is 10.4 Å². The lowest BCUT2D eigenvalue weighted by Crippen LogP contribution is -2.18. The van der Waals surface area contributed by atoms with Crippen LogP contribution in [0.15, 0.2) is 94.3 Å². The van der Waals surface area contributed by atoms with Gasteiger partial charge in [0.2, 0.25) is 0 Å². The molecule has 0 aliphatic heterocycles. The summed E-state index contributed by atoms with van der Waals surface area (Å²) in [5.41, 5.74) is 2.23. The fraction of sp³-hybridized carbons (Fsp3) is 0.0417.